The van der Waals surface area contributed by atoms with Crippen molar-refractivity contribution in [1.82, 2.24) is 5.12 Å². The fourth-order valence-electron chi connectivity index (χ4n) is 2.41. The second kappa shape index (κ2) is 5.18. The third-order valence-corrected chi connectivity index (χ3v) is 6.40. The van der Waals surface area contributed by atoms with Crippen molar-refractivity contribution in [3.05, 3.63) is 31.0 Å². The second-order valence-electron chi connectivity index (χ2n) is 4.64. The molecule has 2 atom stereocenters. The molecule has 2 unspecified atom stereocenters. The van der Waals surface area contributed by atoms with Crippen LogP contribution in [0, 0.1) is 10.8 Å². The largest absolute Gasteiger partial charge is 0.383 e. The Kier molecular flexibility index (Phi) is 3.76. The Bertz CT molecular complexity index is 804. The van der Waals surface area contributed by atoms with Gasteiger partial charge < -0.3 is 5.73 Å². The van der Waals surface area contributed by atoms with E-state index in [0.29, 0.717) is 11.8 Å². The lowest BCUT2D eigenvalue weighted by atomic mass is 9.85. The van der Waals surface area contributed by atoms with E-state index >= 15 is 4.39 Å². The molecule has 2 heterocycles. The van der Waals surface area contributed by atoms with Gasteiger partial charge in [0.1, 0.15) is 17.4 Å². The van der Waals surface area contributed by atoms with Crippen LogP contribution in [0.15, 0.2) is 36.0 Å². The number of nitrogens with one attached hydrogen (secondary N) is 2. The van der Waals surface area contributed by atoms with Gasteiger partial charge >= 0.3 is 0 Å². The van der Waals surface area contributed by atoms with Crippen LogP contribution < -0.4 is 5.73 Å². The number of hydrogen-bond donors (Lipinski definition) is 3. The monoisotopic (exact) mass is 473 g/mol. The Morgan fingerprint density at radius 3 is 2.48 bits per heavy atom. The van der Waals surface area contributed by atoms with Gasteiger partial charge in [-0.25, -0.2) is 18.2 Å². The van der Waals surface area contributed by atoms with Crippen LogP contribution in [-0.4, -0.2) is 33.8 Å². The summed E-state index contributed by atoms with van der Waals surface area (Å²) in [5, 5.41) is 14.2. The van der Waals surface area contributed by atoms with Crippen LogP contribution in [0.5, 0.6) is 0 Å². The Morgan fingerprint density at radius 2 is 1.96 bits per heavy atom. The number of hydrogen-bond acceptors (Lipinski definition) is 4. The summed E-state index contributed by atoms with van der Waals surface area (Å²) in [7, 11) is 0. The highest BCUT2D eigenvalue weighted by atomic mass is 79.9. The van der Waals surface area contributed by atoms with Gasteiger partial charge in [0, 0.05) is 0 Å². The molecule has 1 fully saturated rings. The molecule has 23 heavy (non-hydrogen) atoms. The summed E-state index contributed by atoms with van der Waals surface area (Å²) in [5.74, 6) is -2.88. The molecular formula is C11H5Br2F4N5S. The number of thioether (sulfide) groups is 1. The maximum Gasteiger partial charge on any atom is 0.221 e. The lowest BCUT2D eigenvalue weighted by Crippen LogP contribution is -2.41. The Balaban J connectivity index is 2.35. The molecule has 0 amide bonds. The van der Waals surface area contributed by atoms with E-state index < -0.39 is 54.7 Å². The molecule has 0 aromatic rings. The van der Waals surface area contributed by atoms with E-state index in [1.165, 1.54) is 0 Å². The van der Waals surface area contributed by atoms with E-state index in [0.717, 1.165) is 0 Å². The molecule has 0 saturated carbocycles. The van der Waals surface area contributed by atoms with Crippen molar-refractivity contribution < 1.29 is 17.7 Å². The van der Waals surface area contributed by atoms with E-state index in [1.807, 2.05) is 0 Å². The number of rotatable bonds is 0. The number of allylic oxidation sites excluding steroid dienone is 4. The topological polar surface area (TPSA) is 89.3 Å². The number of amidine groups is 3. The summed E-state index contributed by atoms with van der Waals surface area (Å²) in [6, 6.07) is 0. The van der Waals surface area contributed by atoms with E-state index in [2.05, 4.69) is 36.9 Å². The number of halogens is 6. The molecule has 0 aromatic heterocycles. The van der Waals surface area contributed by atoms with Crippen LogP contribution in [0.2, 0.25) is 0 Å². The average Bonchev–Trinajstić information content (AvgIpc) is 2.90. The molecular weight excluding hydrogens is 470 g/mol. The molecule has 12 heteroatoms. The van der Waals surface area contributed by atoms with Crippen molar-refractivity contribution >= 4 is 60.5 Å². The molecule has 2 aliphatic heterocycles. The third-order valence-electron chi connectivity index (χ3n) is 3.40. The van der Waals surface area contributed by atoms with Gasteiger partial charge in [0.15, 0.2) is 17.2 Å². The summed E-state index contributed by atoms with van der Waals surface area (Å²) in [4.78, 5) is 3.14. The average molecular weight is 475 g/mol. The molecule has 0 spiro atoms. The van der Waals surface area contributed by atoms with Crippen LogP contribution in [-0.2, 0) is 0 Å². The molecule has 4 N–H and O–H groups in total. The molecule has 122 valence electrons. The number of alkyl halides is 2. The van der Waals surface area contributed by atoms with Crippen LogP contribution in [0.4, 0.5) is 17.7 Å². The van der Waals surface area contributed by atoms with E-state index in [4.69, 9.17) is 16.6 Å². The Labute approximate surface area is 147 Å². The Morgan fingerprint density at radius 1 is 1.35 bits per heavy atom. The third kappa shape index (κ3) is 2.00. The quantitative estimate of drug-likeness (QED) is 0.369. The summed E-state index contributed by atoms with van der Waals surface area (Å²) in [6.45, 7) is 0. The summed E-state index contributed by atoms with van der Waals surface area (Å²) in [5.41, 5.74) is 0.127. The normalized spacial score (nSPS) is 34.6. The molecule has 3 rings (SSSR count). The lowest BCUT2D eigenvalue weighted by Gasteiger charge is -2.30. The Hall–Kier alpha value is -1.14. The molecule has 0 aromatic carbocycles. The maximum atomic E-state index is 15.5. The zero-order chi connectivity index (χ0) is 17.3. The molecule has 5 nitrogen and oxygen atoms in total. The minimum Gasteiger partial charge on any atom is -0.383 e. The molecule has 0 radical (unpaired) electrons. The highest BCUT2D eigenvalue weighted by molar-refractivity contribution is 9.14. The highest BCUT2D eigenvalue weighted by Crippen LogP contribution is 2.56. The minimum absolute atomic E-state index is 0.353. The van der Waals surface area contributed by atoms with Crippen molar-refractivity contribution in [3.63, 3.8) is 0 Å². The summed E-state index contributed by atoms with van der Waals surface area (Å²) < 4.78 is 57.9. The van der Waals surface area contributed by atoms with E-state index in [-0.39, 0.29) is 10.1 Å². The second-order valence-corrected chi connectivity index (χ2v) is 7.28. The van der Waals surface area contributed by atoms with Gasteiger partial charge in [0.2, 0.25) is 5.67 Å². The van der Waals surface area contributed by atoms with Crippen molar-refractivity contribution in [2.45, 2.75) is 11.8 Å². The lowest BCUT2D eigenvalue weighted by molar-refractivity contribution is 0.0943. The fraction of sp³-hybridized carbons (Fsp3) is 0.182. The molecule has 0 bridgehead atoms. The molecule has 3 aliphatic rings. The highest BCUT2D eigenvalue weighted by Gasteiger charge is 2.64. The first-order valence-corrected chi connectivity index (χ1v) is 8.21. The first-order valence-electron chi connectivity index (χ1n) is 5.81. The molecule has 1 saturated heterocycles. The predicted octanol–water partition coefficient (Wildman–Crippen LogP) is 3.70. The van der Waals surface area contributed by atoms with Gasteiger partial charge in [0.05, 0.1) is 19.4 Å². The van der Waals surface area contributed by atoms with Gasteiger partial charge in [0.25, 0.3) is 0 Å². The predicted molar refractivity (Wildman–Crippen MR) is 86.4 cm³/mol. The zero-order valence-corrected chi connectivity index (χ0v) is 14.7. The minimum atomic E-state index is -3.31. The van der Waals surface area contributed by atoms with Gasteiger partial charge in [-0.2, -0.15) is 5.12 Å². The van der Waals surface area contributed by atoms with Crippen LogP contribution >= 0.6 is 43.6 Å². The number of nitrogens with zero attached hydrogens (tertiary/aromatic N) is 2. The van der Waals surface area contributed by atoms with E-state index in [1.54, 1.807) is 0 Å². The maximum absolute atomic E-state index is 15.5. The van der Waals surface area contributed by atoms with Crippen molar-refractivity contribution in [1.29, 1.82) is 10.8 Å². The number of fused-ring (bicyclic) bond motifs is 1. The summed E-state index contributed by atoms with van der Waals surface area (Å²) >= 11 is 5.97. The first kappa shape index (κ1) is 16.7. The van der Waals surface area contributed by atoms with Crippen molar-refractivity contribution in [3.8, 4) is 0 Å². The van der Waals surface area contributed by atoms with Gasteiger partial charge in [-0.3, -0.25) is 10.8 Å². The van der Waals surface area contributed by atoms with Gasteiger partial charge in [-0.15, -0.1) is 0 Å². The fourth-order valence-corrected chi connectivity index (χ4v) is 4.11. The summed E-state index contributed by atoms with van der Waals surface area (Å²) in [6.07, 6.45) is -2.52. The van der Waals surface area contributed by atoms with E-state index in [9.17, 15) is 13.3 Å². The van der Waals surface area contributed by atoms with Gasteiger partial charge in [-0.1, -0.05) is 20.4 Å². The van der Waals surface area contributed by atoms with Crippen LogP contribution in [0.25, 0.3) is 0 Å². The standard InChI is InChI=1S/C11H5Br2F4N5S/c12-2-3(13)6(15)11(16)1(4(2)14)9(19)22(17)7(11)5-8(18)21-10(20)23-5/h6,19H,(H3,18,20,21). The molecule has 1 aliphatic carbocycles. The number of nitrogens with two attached hydrogens (primary N) is 1. The van der Waals surface area contributed by atoms with Gasteiger partial charge in [-0.05, 0) is 27.7 Å². The van der Waals surface area contributed by atoms with Crippen LogP contribution in [0.3, 0.4) is 0 Å². The zero-order valence-electron chi connectivity index (χ0n) is 10.7. The van der Waals surface area contributed by atoms with Crippen molar-refractivity contribution in [2.75, 3.05) is 0 Å². The van der Waals surface area contributed by atoms with Crippen LogP contribution in [0.1, 0.15) is 0 Å². The van der Waals surface area contributed by atoms with Crippen molar-refractivity contribution in [2.24, 2.45) is 10.7 Å². The number of aliphatic imine (C=N–C) groups is 1. The smallest absolute Gasteiger partial charge is 0.221 e. The SMILES string of the molecule is N=C1N=C(N)C(=C2N(F)C(=N)C3=C(F)C(Br)=C(Br)C(F)C32F)S1. The first-order chi connectivity index (χ1) is 10.6.